The molecule has 22 heavy (non-hydrogen) atoms. The van der Waals surface area contributed by atoms with Gasteiger partial charge < -0.3 is 5.32 Å². The standard InChI is InChI=1S/C15H20N6O/c22-15(12-21-8-6-17-19-21)18-14-4-2-7-20(11-14)10-13-3-1-5-16-9-13/h1,3,5-6,8-9,14H,2,4,7,10-12H2,(H,18,22). The fourth-order valence-electron chi connectivity index (χ4n) is 2.80. The van der Waals surface area contributed by atoms with Crippen molar-refractivity contribution in [3.63, 3.8) is 0 Å². The maximum Gasteiger partial charge on any atom is 0.242 e. The van der Waals surface area contributed by atoms with Crippen LogP contribution >= 0.6 is 0 Å². The number of nitrogens with one attached hydrogen (secondary N) is 1. The maximum atomic E-state index is 12.0. The minimum atomic E-state index is -0.0151. The fourth-order valence-corrected chi connectivity index (χ4v) is 2.80. The highest BCUT2D eigenvalue weighted by Crippen LogP contribution is 2.13. The summed E-state index contributed by atoms with van der Waals surface area (Å²) in [7, 11) is 0. The zero-order chi connectivity index (χ0) is 15.2. The van der Waals surface area contributed by atoms with Crippen molar-refractivity contribution in [1.29, 1.82) is 0 Å². The Kier molecular flexibility index (Phi) is 4.75. The Morgan fingerprint density at radius 1 is 1.41 bits per heavy atom. The van der Waals surface area contributed by atoms with E-state index in [0.29, 0.717) is 0 Å². The molecule has 2 aromatic heterocycles. The lowest BCUT2D eigenvalue weighted by atomic mass is 10.0. The van der Waals surface area contributed by atoms with Crippen LogP contribution in [-0.4, -0.2) is 49.9 Å². The number of carbonyl (C=O) groups is 1. The van der Waals surface area contributed by atoms with Crippen LogP contribution in [-0.2, 0) is 17.9 Å². The summed E-state index contributed by atoms with van der Waals surface area (Å²) in [6, 6.07) is 4.23. The summed E-state index contributed by atoms with van der Waals surface area (Å²) in [5, 5.41) is 10.6. The zero-order valence-corrected chi connectivity index (χ0v) is 12.4. The van der Waals surface area contributed by atoms with Crippen molar-refractivity contribution in [2.45, 2.75) is 32.0 Å². The molecule has 116 valence electrons. The maximum absolute atomic E-state index is 12.0. The predicted octanol–water partition coefficient (Wildman–Crippen LogP) is 0.454. The number of piperidine rings is 1. The molecular weight excluding hydrogens is 280 g/mol. The van der Waals surface area contributed by atoms with E-state index in [0.717, 1.165) is 32.5 Å². The molecule has 0 radical (unpaired) electrons. The van der Waals surface area contributed by atoms with Gasteiger partial charge in [-0.05, 0) is 31.0 Å². The fraction of sp³-hybridized carbons (Fsp3) is 0.467. The van der Waals surface area contributed by atoms with Gasteiger partial charge in [0.15, 0.2) is 0 Å². The van der Waals surface area contributed by atoms with Gasteiger partial charge in [-0.1, -0.05) is 11.3 Å². The predicted molar refractivity (Wildman–Crippen MR) is 80.7 cm³/mol. The lowest BCUT2D eigenvalue weighted by Crippen LogP contribution is -2.48. The van der Waals surface area contributed by atoms with Crippen LogP contribution in [0.4, 0.5) is 0 Å². The summed E-state index contributed by atoms with van der Waals surface area (Å²) in [4.78, 5) is 18.5. The number of hydrogen-bond donors (Lipinski definition) is 1. The van der Waals surface area contributed by atoms with Crippen LogP contribution < -0.4 is 5.32 Å². The van der Waals surface area contributed by atoms with Gasteiger partial charge in [0.2, 0.25) is 5.91 Å². The van der Waals surface area contributed by atoms with Crippen LogP contribution in [0.2, 0.25) is 0 Å². The smallest absolute Gasteiger partial charge is 0.242 e. The second-order valence-corrected chi connectivity index (χ2v) is 5.60. The van der Waals surface area contributed by atoms with Crippen molar-refractivity contribution in [2.75, 3.05) is 13.1 Å². The minimum absolute atomic E-state index is 0.0151. The molecular formula is C15H20N6O. The summed E-state index contributed by atoms with van der Waals surface area (Å²) in [5.41, 5.74) is 1.21. The van der Waals surface area contributed by atoms with Crippen LogP contribution in [0.15, 0.2) is 36.9 Å². The number of pyridine rings is 1. The molecule has 1 saturated heterocycles. The minimum Gasteiger partial charge on any atom is -0.350 e. The molecule has 0 aromatic carbocycles. The first-order valence-corrected chi connectivity index (χ1v) is 7.54. The topological polar surface area (TPSA) is 75.9 Å². The molecule has 7 nitrogen and oxygen atoms in total. The van der Waals surface area contributed by atoms with Gasteiger partial charge in [-0.25, -0.2) is 4.68 Å². The molecule has 0 aliphatic carbocycles. The van der Waals surface area contributed by atoms with E-state index in [9.17, 15) is 4.79 Å². The third kappa shape index (κ3) is 4.11. The van der Waals surface area contributed by atoms with E-state index >= 15 is 0 Å². The van der Waals surface area contributed by atoms with E-state index in [1.54, 1.807) is 18.6 Å². The van der Waals surface area contributed by atoms with Gasteiger partial charge in [-0.3, -0.25) is 14.7 Å². The van der Waals surface area contributed by atoms with Crippen LogP contribution in [0.3, 0.4) is 0 Å². The molecule has 0 spiro atoms. The number of nitrogens with zero attached hydrogens (tertiary/aromatic N) is 5. The Morgan fingerprint density at radius 3 is 3.14 bits per heavy atom. The van der Waals surface area contributed by atoms with E-state index in [-0.39, 0.29) is 18.5 Å². The first kappa shape index (κ1) is 14.6. The Morgan fingerprint density at radius 2 is 2.36 bits per heavy atom. The summed E-state index contributed by atoms with van der Waals surface area (Å²) in [6.07, 6.45) is 9.06. The molecule has 1 unspecified atom stereocenters. The third-order valence-electron chi connectivity index (χ3n) is 3.78. The molecule has 1 N–H and O–H groups in total. The molecule has 0 bridgehead atoms. The van der Waals surface area contributed by atoms with Crippen molar-refractivity contribution in [3.05, 3.63) is 42.5 Å². The highest BCUT2D eigenvalue weighted by molar-refractivity contribution is 5.75. The Balaban J connectivity index is 1.49. The Bertz CT molecular complexity index is 585. The SMILES string of the molecule is O=C(Cn1ccnn1)NC1CCCN(Cc2cccnc2)C1. The van der Waals surface area contributed by atoms with Gasteiger partial charge in [0.1, 0.15) is 6.54 Å². The third-order valence-corrected chi connectivity index (χ3v) is 3.78. The first-order valence-electron chi connectivity index (χ1n) is 7.54. The van der Waals surface area contributed by atoms with E-state index in [1.165, 1.54) is 10.2 Å². The van der Waals surface area contributed by atoms with Gasteiger partial charge >= 0.3 is 0 Å². The van der Waals surface area contributed by atoms with Crippen LogP contribution in [0.25, 0.3) is 0 Å². The zero-order valence-electron chi connectivity index (χ0n) is 12.4. The summed E-state index contributed by atoms with van der Waals surface area (Å²) in [6.45, 7) is 3.03. The number of aromatic nitrogens is 4. The highest BCUT2D eigenvalue weighted by Gasteiger charge is 2.21. The monoisotopic (exact) mass is 300 g/mol. The number of amides is 1. The van der Waals surface area contributed by atoms with E-state index in [1.807, 2.05) is 12.3 Å². The number of rotatable bonds is 5. The molecule has 1 amide bonds. The lowest BCUT2D eigenvalue weighted by molar-refractivity contribution is -0.123. The molecule has 1 atom stereocenters. The molecule has 7 heteroatoms. The van der Waals surface area contributed by atoms with Crippen molar-refractivity contribution in [3.8, 4) is 0 Å². The number of carbonyl (C=O) groups excluding carboxylic acids is 1. The number of hydrogen-bond acceptors (Lipinski definition) is 5. The van der Waals surface area contributed by atoms with Gasteiger partial charge in [-0.2, -0.15) is 0 Å². The molecule has 1 aliphatic heterocycles. The van der Waals surface area contributed by atoms with Crippen LogP contribution in [0, 0.1) is 0 Å². The molecule has 0 saturated carbocycles. The van der Waals surface area contributed by atoms with Gasteiger partial charge in [0, 0.05) is 37.7 Å². The van der Waals surface area contributed by atoms with Gasteiger partial charge in [0.05, 0.1) is 6.20 Å². The lowest BCUT2D eigenvalue weighted by Gasteiger charge is -2.33. The molecule has 1 fully saturated rings. The second kappa shape index (κ2) is 7.13. The second-order valence-electron chi connectivity index (χ2n) is 5.60. The van der Waals surface area contributed by atoms with Gasteiger partial charge in [-0.15, -0.1) is 5.10 Å². The number of likely N-dealkylation sites (tertiary alicyclic amines) is 1. The first-order chi connectivity index (χ1) is 10.8. The largest absolute Gasteiger partial charge is 0.350 e. The van der Waals surface area contributed by atoms with E-state index in [4.69, 9.17) is 0 Å². The molecule has 3 heterocycles. The molecule has 3 rings (SSSR count). The Labute approximate surface area is 129 Å². The van der Waals surface area contributed by atoms with Gasteiger partial charge in [0.25, 0.3) is 0 Å². The average Bonchev–Trinajstić information content (AvgIpc) is 3.01. The molecule has 2 aromatic rings. The summed E-state index contributed by atoms with van der Waals surface area (Å²) >= 11 is 0. The summed E-state index contributed by atoms with van der Waals surface area (Å²) in [5.74, 6) is -0.0151. The van der Waals surface area contributed by atoms with Crippen LogP contribution in [0.5, 0.6) is 0 Å². The van der Waals surface area contributed by atoms with Crippen molar-refractivity contribution in [2.24, 2.45) is 0 Å². The van der Waals surface area contributed by atoms with E-state index < -0.39 is 0 Å². The van der Waals surface area contributed by atoms with Crippen molar-refractivity contribution >= 4 is 5.91 Å². The van der Waals surface area contributed by atoms with Crippen LogP contribution in [0.1, 0.15) is 18.4 Å². The highest BCUT2D eigenvalue weighted by atomic mass is 16.2. The van der Waals surface area contributed by atoms with Crippen molar-refractivity contribution < 1.29 is 4.79 Å². The Hall–Kier alpha value is -2.28. The quantitative estimate of drug-likeness (QED) is 0.868. The average molecular weight is 300 g/mol. The molecule has 1 aliphatic rings. The van der Waals surface area contributed by atoms with E-state index in [2.05, 4.69) is 31.6 Å². The summed E-state index contributed by atoms with van der Waals surface area (Å²) < 4.78 is 1.53. The normalized spacial score (nSPS) is 19.0. The van der Waals surface area contributed by atoms with Crippen molar-refractivity contribution in [1.82, 2.24) is 30.2 Å².